The molecule has 0 aromatic carbocycles. The van der Waals surface area contributed by atoms with Crippen LogP contribution in [0.2, 0.25) is 0 Å². The summed E-state index contributed by atoms with van der Waals surface area (Å²) in [5.41, 5.74) is -0.189. The molecule has 1 N–H and O–H groups in total. The fraction of sp³-hybridized carbons (Fsp3) is 0.857. The second-order valence-electron chi connectivity index (χ2n) is 3.40. The molecule has 0 aromatic rings. The average Bonchev–Trinajstić information content (AvgIpc) is 2.10. The zero-order valence-corrected chi connectivity index (χ0v) is 6.42. The maximum atomic E-state index is 11.0. The number of aliphatic hydroxyl groups is 1. The van der Waals surface area contributed by atoms with Gasteiger partial charge in [0.15, 0.2) is 0 Å². The van der Waals surface area contributed by atoms with Gasteiger partial charge in [-0.1, -0.05) is 6.92 Å². The van der Waals surface area contributed by atoms with E-state index in [-0.39, 0.29) is 17.9 Å². The van der Waals surface area contributed by atoms with Gasteiger partial charge in [0.25, 0.3) is 0 Å². The second-order valence-corrected chi connectivity index (χ2v) is 3.40. The van der Waals surface area contributed by atoms with Crippen LogP contribution >= 0.6 is 0 Å². The van der Waals surface area contributed by atoms with Gasteiger partial charge in [0.1, 0.15) is 0 Å². The van der Waals surface area contributed by atoms with Crippen LogP contribution in [-0.4, -0.2) is 36.1 Å². The summed E-state index contributed by atoms with van der Waals surface area (Å²) in [6, 6.07) is 0. The Kier molecular flexibility index (Phi) is 1.68. The molecule has 1 rings (SSSR count). The average molecular weight is 143 g/mol. The number of hydrogen-bond donors (Lipinski definition) is 1. The summed E-state index contributed by atoms with van der Waals surface area (Å²) in [5, 5.41) is 8.88. The molecular formula is C7H13NO2. The van der Waals surface area contributed by atoms with E-state index >= 15 is 0 Å². The van der Waals surface area contributed by atoms with Gasteiger partial charge in [-0.2, -0.15) is 0 Å². The Labute approximate surface area is 60.6 Å². The van der Waals surface area contributed by atoms with Crippen molar-refractivity contribution in [3.05, 3.63) is 0 Å². The van der Waals surface area contributed by atoms with Crippen molar-refractivity contribution in [3.63, 3.8) is 0 Å². The number of nitrogens with zero attached hydrogens (tertiary/aromatic N) is 1. The number of carbonyl (C=O) groups is 1. The predicted molar refractivity (Wildman–Crippen MR) is 37.4 cm³/mol. The largest absolute Gasteiger partial charge is 0.396 e. The van der Waals surface area contributed by atoms with Crippen LogP contribution in [0.15, 0.2) is 0 Å². The Balaban J connectivity index is 2.64. The molecule has 3 nitrogen and oxygen atoms in total. The Morgan fingerprint density at radius 1 is 1.80 bits per heavy atom. The summed E-state index contributed by atoms with van der Waals surface area (Å²) in [4.78, 5) is 12.6. The van der Waals surface area contributed by atoms with Gasteiger partial charge < -0.3 is 10.0 Å². The van der Waals surface area contributed by atoms with Gasteiger partial charge in [0.2, 0.25) is 5.91 Å². The highest BCUT2D eigenvalue weighted by Gasteiger charge is 2.36. The quantitative estimate of drug-likeness (QED) is 0.554. The molecular weight excluding hydrogens is 130 g/mol. The summed E-state index contributed by atoms with van der Waals surface area (Å²) in [6.45, 7) is 2.71. The monoisotopic (exact) mass is 143 g/mol. The first kappa shape index (κ1) is 7.54. The Hall–Kier alpha value is -0.570. The molecule has 1 fully saturated rings. The van der Waals surface area contributed by atoms with Gasteiger partial charge in [0, 0.05) is 25.4 Å². The van der Waals surface area contributed by atoms with Crippen molar-refractivity contribution in [2.24, 2.45) is 5.41 Å². The van der Waals surface area contributed by atoms with Gasteiger partial charge in [0.05, 0.1) is 6.61 Å². The molecule has 0 aromatic heterocycles. The van der Waals surface area contributed by atoms with E-state index in [9.17, 15) is 4.79 Å². The molecule has 1 aliphatic rings. The topological polar surface area (TPSA) is 40.5 Å². The standard InChI is InChI=1S/C7H13NO2/c1-7(5-9)3-6(10)8(2)4-7/h9H,3-5H2,1-2H3. The van der Waals surface area contributed by atoms with Crippen LogP contribution in [0.5, 0.6) is 0 Å². The molecule has 3 heteroatoms. The molecule has 0 saturated carbocycles. The fourth-order valence-electron chi connectivity index (χ4n) is 1.32. The molecule has 0 aliphatic carbocycles. The van der Waals surface area contributed by atoms with Crippen LogP contribution in [0.25, 0.3) is 0 Å². The molecule has 58 valence electrons. The molecule has 1 aliphatic heterocycles. The first-order valence-electron chi connectivity index (χ1n) is 3.42. The zero-order chi connectivity index (χ0) is 7.78. The third-order valence-corrected chi connectivity index (χ3v) is 2.00. The van der Waals surface area contributed by atoms with Crippen molar-refractivity contribution in [3.8, 4) is 0 Å². The highest BCUT2D eigenvalue weighted by Crippen LogP contribution is 2.28. The van der Waals surface area contributed by atoms with Gasteiger partial charge in [-0.15, -0.1) is 0 Å². The smallest absolute Gasteiger partial charge is 0.223 e. The van der Waals surface area contributed by atoms with E-state index in [2.05, 4.69) is 0 Å². The summed E-state index contributed by atoms with van der Waals surface area (Å²) < 4.78 is 0. The maximum Gasteiger partial charge on any atom is 0.223 e. The number of amides is 1. The molecule has 1 heterocycles. The van der Waals surface area contributed by atoms with E-state index in [4.69, 9.17) is 5.11 Å². The van der Waals surface area contributed by atoms with Crippen molar-refractivity contribution in [2.75, 3.05) is 20.2 Å². The number of carbonyl (C=O) groups excluding carboxylic acids is 1. The number of aliphatic hydroxyl groups excluding tert-OH is 1. The highest BCUT2D eigenvalue weighted by atomic mass is 16.3. The molecule has 0 spiro atoms. The minimum Gasteiger partial charge on any atom is -0.396 e. The molecule has 1 amide bonds. The van der Waals surface area contributed by atoms with Gasteiger partial charge in [-0.05, 0) is 0 Å². The minimum absolute atomic E-state index is 0.100. The Morgan fingerprint density at radius 3 is 2.60 bits per heavy atom. The highest BCUT2D eigenvalue weighted by molar-refractivity contribution is 5.79. The molecule has 1 unspecified atom stereocenters. The molecule has 0 radical (unpaired) electrons. The van der Waals surface area contributed by atoms with E-state index < -0.39 is 0 Å². The molecule has 1 atom stereocenters. The van der Waals surface area contributed by atoms with Gasteiger partial charge in [-0.3, -0.25) is 4.79 Å². The summed E-state index contributed by atoms with van der Waals surface area (Å²) >= 11 is 0. The van der Waals surface area contributed by atoms with Crippen LogP contribution in [0, 0.1) is 5.41 Å². The first-order valence-corrected chi connectivity index (χ1v) is 3.42. The van der Waals surface area contributed by atoms with E-state index in [1.807, 2.05) is 6.92 Å². The Bertz CT molecular complexity index is 158. The molecule has 1 saturated heterocycles. The summed E-state index contributed by atoms with van der Waals surface area (Å²) in [5.74, 6) is 0.136. The van der Waals surface area contributed by atoms with Crippen molar-refractivity contribution >= 4 is 5.91 Å². The second kappa shape index (κ2) is 2.23. The zero-order valence-electron chi connectivity index (χ0n) is 6.42. The lowest BCUT2D eigenvalue weighted by molar-refractivity contribution is -0.126. The van der Waals surface area contributed by atoms with Crippen LogP contribution in [0.4, 0.5) is 0 Å². The predicted octanol–water partition coefficient (Wildman–Crippen LogP) is -0.153. The van der Waals surface area contributed by atoms with Crippen molar-refractivity contribution in [2.45, 2.75) is 13.3 Å². The van der Waals surface area contributed by atoms with Crippen LogP contribution < -0.4 is 0 Å². The third-order valence-electron chi connectivity index (χ3n) is 2.00. The van der Waals surface area contributed by atoms with Gasteiger partial charge in [-0.25, -0.2) is 0 Å². The van der Waals surface area contributed by atoms with E-state index in [1.54, 1.807) is 11.9 Å². The van der Waals surface area contributed by atoms with E-state index in [0.29, 0.717) is 13.0 Å². The SMILES string of the molecule is CN1CC(C)(CO)CC1=O. The van der Waals surface area contributed by atoms with Crippen molar-refractivity contribution < 1.29 is 9.90 Å². The van der Waals surface area contributed by atoms with Gasteiger partial charge >= 0.3 is 0 Å². The van der Waals surface area contributed by atoms with Crippen LogP contribution in [-0.2, 0) is 4.79 Å². The molecule has 0 bridgehead atoms. The maximum absolute atomic E-state index is 11.0. The number of rotatable bonds is 1. The summed E-state index contributed by atoms with van der Waals surface area (Å²) in [7, 11) is 1.77. The lowest BCUT2D eigenvalue weighted by Gasteiger charge is -2.18. The Morgan fingerprint density at radius 2 is 2.40 bits per heavy atom. The fourth-order valence-corrected chi connectivity index (χ4v) is 1.32. The van der Waals surface area contributed by atoms with E-state index in [0.717, 1.165) is 0 Å². The lowest BCUT2D eigenvalue weighted by atomic mass is 9.91. The van der Waals surface area contributed by atoms with E-state index in [1.165, 1.54) is 0 Å². The summed E-state index contributed by atoms with van der Waals surface area (Å²) in [6.07, 6.45) is 0.486. The first-order chi connectivity index (χ1) is 4.57. The number of hydrogen-bond acceptors (Lipinski definition) is 2. The third kappa shape index (κ3) is 1.14. The van der Waals surface area contributed by atoms with Crippen LogP contribution in [0.3, 0.4) is 0 Å². The van der Waals surface area contributed by atoms with Crippen LogP contribution in [0.1, 0.15) is 13.3 Å². The minimum atomic E-state index is -0.189. The van der Waals surface area contributed by atoms with Crippen molar-refractivity contribution in [1.29, 1.82) is 0 Å². The lowest BCUT2D eigenvalue weighted by Crippen LogP contribution is -2.25. The van der Waals surface area contributed by atoms with Crippen molar-refractivity contribution in [1.82, 2.24) is 4.90 Å². The normalized spacial score (nSPS) is 33.5. The number of likely N-dealkylation sites (tertiary alicyclic amines) is 1. The molecule has 10 heavy (non-hydrogen) atoms.